The molecule has 1 fully saturated rings. The van der Waals surface area contributed by atoms with Crippen LogP contribution in [0.3, 0.4) is 0 Å². The number of nitrogens with zero attached hydrogens (tertiary/aromatic N) is 1. The van der Waals surface area contributed by atoms with Crippen molar-refractivity contribution in [2.75, 3.05) is 16.8 Å². The van der Waals surface area contributed by atoms with Gasteiger partial charge in [0.05, 0.1) is 17.3 Å². The molecule has 0 aromatic heterocycles. The summed E-state index contributed by atoms with van der Waals surface area (Å²) in [6, 6.07) is 13.3. The number of carbonyl (C=O) groups is 2. The third-order valence-corrected chi connectivity index (χ3v) is 4.44. The monoisotopic (exact) mass is 376 g/mol. The lowest BCUT2D eigenvalue weighted by molar-refractivity contribution is -0.122. The van der Waals surface area contributed by atoms with E-state index in [9.17, 15) is 14.0 Å². The number of carbonyl (C=O) groups excluding carboxylic acids is 2. The van der Waals surface area contributed by atoms with Gasteiger partial charge in [0.15, 0.2) is 0 Å². The van der Waals surface area contributed by atoms with Crippen molar-refractivity contribution >= 4 is 39.1 Å². The molecule has 118 valence electrons. The summed E-state index contributed by atoms with van der Waals surface area (Å²) in [5, 5.41) is 2.55. The van der Waals surface area contributed by atoms with Crippen LogP contribution in [0.25, 0.3) is 0 Å². The van der Waals surface area contributed by atoms with Crippen LogP contribution in [-0.2, 0) is 9.59 Å². The van der Waals surface area contributed by atoms with E-state index >= 15 is 0 Å². The molecule has 6 heteroatoms. The number of anilines is 2. The summed E-state index contributed by atoms with van der Waals surface area (Å²) in [6.07, 6.45) is 0.113. The van der Waals surface area contributed by atoms with Gasteiger partial charge in [-0.15, -0.1) is 0 Å². The van der Waals surface area contributed by atoms with Gasteiger partial charge in [0.2, 0.25) is 11.8 Å². The Morgan fingerprint density at radius 3 is 2.61 bits per heavy atom. The Labute approximate surface area is 141 Å². The summed E-state index contributed by atoms with van der Waals surface area (Å²) in [5.41, 5.74) is 0.864. The molecular weight excluding hydrogens is 363 g/mol. The molecule has 23 heavy (non-hydrogen) atoms. The number of amides is 2. The largest absolute Gasteiger partial charge is 0.323 e. The summed E-state index contributed by atoms with van der Waals surface area (Å²) in [6.45, 7) is 0.279. The average molecular weight is 377 g/mol. The van der Waals surface area contributed by atoms with Crippen LogP contribution in [0.5, 0.6) is 0 Å². The predicted molar refractivity (Wildman–Crippen MR) is 89.6 cm³/mol. The van der Waals surface area contributed by atoms with E-state index < -0.39 is 11.7 Å². The van der Waals surface area contributed by atoms with E-state index in [0.717, 1.165) is 10.2 Å². The number of halogens is 2. The average Bonchev–Trinajstić information content (AvgIpc) is 2.92. The molecule has 0 saturated carbocycles. The fourth-order valence-electron chi connectivity index (χ4n) is 2.58. The maximum absolute atomic E-state index is 13.6. The van der Waals surface area contributed by atoms with E-state index in [4.69, 9.17) is 0 Å². The molecule has 0 radical (unpaired) electrons. The molecule has 1 unspecified atom stereocenters. The SMILES string of the molecule is O=C(Nc1ccccc1F)C1CC(=O)N(c2ccccc2Br)C1. The Hall–Kier alpha value is -2.21. The van der Waals surface area contributed by atoms with Crippen molar-refractivity contribution in [1.82, 2.24) is 0 Å². The second kappa shape index (κ2) is 6.50. The van der Waals surface area contributed by atoms with Crippen LogP contribution in [0.4, 0.5) is 15.8 Å². The highest BCUT2D eigenvalue weighted by molar-refractivity contribution is 9.10. The molecule has 3 rings (SSSR count). The number of para-hydroxylation sites is 2. The van der Waals surface area contributed by atoms with Gasteiger partial charge in [-0.3, -0.25) is 9.59 Å². The van der Waals surface area contributed by atoms with Crippen LogP contribution in [0.2, 0.25) is 0 Å². The summed E-state index contributed by atoms with van der Waals surface area (Å²) < 4.78 is 14.4. The van der Waals surface area contributed by atoms with Crippen molar-refractivity contribution in [1.29, 1.82) is 0 Å². The van der Waals surface area contributed by atoms with Gasteiger partial charge < -0.3 is 10.2 Å². The second-order valence-electron chi connectivity index (χ2n) is 5.33. The van der Waals surface area contributed by atoms with Crippen LogP contribution in [0.15, 0.2) is 53.0 Å². The van der Waals surface area contributed by atoms with Crippen molar-refractivity contribution in [3.63, 3.8) is 0 Å². The molecule has 1 N–H and O–H groups in total. The molecule has 0 spiro atoms. The smallest absolute Gasteiger partial charge is 0.229 e. The van der Waals surface area contributed by atoms with Gasteiger partial charge in [-0.25, -0.2) is 4.39 Å². The number of benzene rings is 2. The van der Waals surface area contributed by atoms with Gasteiger partial charge in [-0.2, -0.15) is 0 Å². The molecule has 1 aliphatic rings. The van der Waals surface area contributed by atoms with Crippen LogP contribution in [-0.4, -0.2) is 18.4 Å². The molecule has 1 heterocycles. The van der Waals surface area contributed by atoms with Gasteiger partial charge in [0.25, 0.3) is 0 Å². The highest BCUT2D eigenvalue weighted by Crippen LogP contribution is 2.31. The van der Waals surface area contributed by atoms with Crippen LogP contribution in [0, 0.1) is 11.7 Å². The van der Waals surface area contributed by atoms with Gasteiger partial charge >= 0.3 is 0 Å². The molecule has 4 nitrogen and oxygen atoms in total. The molecule has 0 bridgehead atoms. The van der Waals surface area contributed by atoms with Gasteiger partial charge in [-0.1, -0.05) is 24.3 Å². The highest BCUT2D eigenvalue weighted by Gasteiger charge is 2.35. The summed E-state index contributed by atoms with van der Waals surface area (Å²) in [7, 11) is 0. The first-order valence-electron chi connectivity index (χ1n) is 7.16. The number of hydrogen-bond donors (Lipinski definition) is 1. The van der Waals surface area contributed by atoms with E-state index in [-0.39, 0.29) is 30.5 Å². The first kappa shape index (κ1) is 15.7. The van der Waals surface area contributed by atoms with Gasteiger partial charge in [-0.05, 0) is 40.2 Å². The fourth-order valence-corrected chi connectivity index (χ4v) is 3.08. The van der Waals surface area contributed by atoms with Crippen molar-refractivity contribution < 1.29 is 14.0 Å². The zero-order valence-electron chi connectivity index (χ0n) is 12.1. The Kier molecular flexibility index (Phi) is 4.43. The quantitative estimate of drug-likeness (QED) is 0.889. The number of hydrogen-bond acceptors (Lipinski definition) is 2. The van der Waals surface area contributed by atoms with Crippen molar-refractivity contribution in [2.24, 2.45) is 5.92 Å². The van der Waals surface area contributed by atoms with Crippen molar-refractivity contribution in [3.05, 3.63) is 58.8 Å². The zero-order chi connectivity index (χ0) is 16.4. The molecule has 1 saturated heterocycles. The number of rotatable bonds is 3. The van der Waals surface area contributed by atoms with Gasteiger partial charge in [0.1, 0.15) is 5.82 Å². The topological polar surface area (TPSA) is 49.4 Å². The maximum Gasteiger partial charge on any atom is 0.229 e. The lowest BCUT2D eigenvalue weighted by Gasteiger charge is -2.18. The first-order chi connectivity index (χ1) is 11.1. The van der Waals surface area contributed by atoms with E-state index in [1.54, 1.807) is 17.0 Å². The van der Waals surface area contributed by atoms with Crippen molar-refractivity contribution in [3.8, 4) is 0 Å². The Balaban J connectivity index is 1.74. The van der Waals surface area contributed by atoms with Crippen LogP contribution in [0.1, 0.15) is 6.42 Å². The van der Waals surface area contributed by atoms with E-state index in [1.165, 1.54) is 12.1 Å². The normalized spacial score (nSPS) is 17.4. The highest BCUT2D eigenvalue weighted by atomic mass is 79.9. The summed E-state index contributed by atoms with van der Waals surface area (Å²) in [4.78, 5) is 26.1. The lowest BCUT2D eigenvalue weighted by Crippen LogP contribution is -2.28. The first-order valence-corrected chi connectivity index (χ1v) is 7.96. The summed E-state index contributed by atoms with van der Waals surface area (Å²) >= 11 is 3.41. The predicted octanol–water partition coefficient (Wildman–Crippen LogP) is 3.58. The molecule has 0 aliphatic carbocycles. The fraction of sp³-hybridized carbons (Fsp3) is 0.176. The van der Waals surface area contributed by atoms with Crippen molar-refractivity contribution in [2.45, 2.75) is 6.42 Å². The number of nitrogens with one attached hydrogen (secondary N) is 1. The molecular formula is C17H14BrFN2O2. The third-order valence-electron chi connectivity index (χ3n) is 3.77. The van der Waals surface area contributed by atoms with E-state index in [2.05, 4.69) is 21.2 Å². The standard InChI is InChI=1S/C17H14BrFN2O2/c18-12-5-1-4-8-15(12)21-10-11(9-16(21)22)17(23)20-14-7-3-2-6-13(14)19/h1-8,11H,9-10H2,(H,20,23). The maximum atomic E-state index is 13.6. The minimum Gasteiger partial charge on any atom is -0.323 e. The zero-order valence-corrected chi connectivity index (χ0v) is 13.7. The molecule has 1 aliphatic heterocycles. The molecule has 1 atom stereocenters. The Bertz CT molecular complexity index is 766. The van der Waals surface area contributed by atoms with Crippen LogP contribution < -0.4 is 10.2 Å². The second-order valence-corrected chi connectivity index (χ2v) is 6.18. The minimum absolute atomic E-state index is 0.113. The lowest BCUT2D eigenvalue weighted by atomic mass is 10.1. The minimum atomic E-state index is -0.505. The Morgan fingerprint density at radius 2 is 1.87 bits per heavy atom. The van der Waals surface area contributed by atoms with E-state index in [0.29, 0.717) is 0 Å². The van der Waals surface area contributed by atoms with E-state index in [1.807, 2.05) is 24.3 Å². The summed E-state index contributed by atoms with van der Waals surface area (Å²) in [5.74, 6) is -1.47. The van der Waals surface area contributed by atoms with Crippen LogP contribution >= 0.6 is 15.9 Å². The molecule has 2 amide bonds. The Morgan fingerprint density at radius 1 is 1.17 bits per heavy atom. The van der Waals surface area contributed by atoms with Gasteiger partial charge in [0, 0.05) is 17.4 Å². The third kappa shape index (κ3) is 3.27. The molecule has 2 aromatic rings. The molecule has 2 aromatic carbocycles.